The summed E-state index contributed by atoms with van der Waals surface area (Å²) in [6.45, 7) is 4.67. The van der Waals surface area contributed by atoms with Crippen LogP contribution in [0.5, 0.6) is 0 Å². The molecule has 0 saturated heterocycles. The molecule has 3 heteroatoms. The molecule has 10 aromatic rings. The Balaban J connectivity index is 1.15. The monoisotopic (exact) mass is 758 g/mol. The molecule has 1 aliphatic rings. The minimum atomic E-state index is -0.127. The number of rotatable bonds is 6. The van der Waals surface area contributed by atoms with Gasteiger partial charge in [-0.1, -0.05) is 159 Å². The first-order valence-corrected chi connectivity index (χ1v) is 20.7. The van der Waals surface area contributed by atoms with Gasteiger partial charge in [0.2, 0.25) is 0 Å². The van der Waals surface area contributed by atoms with Gasteiger partial charge in [0.15, 0.2) is 5.82 Å². The van der Waals surface area contributed by atoms with E-state index in [1.807, 2.05) is 11.3 Å². The Bertz CT molecular complexity index is 3190. The molecule has 274 valence electrons. The lowest BCUT2D eigenvalue weighted by Crippen LogP contribution is -2.14. The van der Waals surface area contributed by atoms with Crippen molar-refractivity contribution >= 4 is 31.5 Å². The minimum absolute atomic E-state index is 0.127. The van der Waals surface area contributed by atoms with Crippen LogP contribution in [0.25, 0.3) is 98.6 Å². The summed E-state index contributed by atoms with van der Waals surface area (Å²) < 4.78 is 2.61. The number of benzene rings is 8. The van der Waals surface area contributed by atoms with E-state index in [1.165, 1.54) is 48.0 Å². The molecule has 0 bridgehead atoms. The highest BCUT2D eigenvalue weighted by Gasteiger charge is 2.36. The lowest BCUT2D eigenvalue weighted by Gasteiger charge is -2.21. The fourth-order valence-corrected chi connectivity index (χ4v) is 10.0. The van der Waals surface area contributed by atoms with Crippen LogP contribution in [0.15, 0.2) is 194 Å². The summed E-state index contributed by atoms with van der Waals surface area (Å²) in [7, 11) is 0. The molecule has 0 fully saturated rings. The van der Waals surface area contributed by atoms with Crippen molar-refractivity contribution in [2.45, 2.75) is 19.3 Å². The molecule has 0 radical (unpaired) electrons. The van der Waals surface area contributed by atoms with Crippen molar-refractivity contribution in [1.29, 1.82) is 0 Å². The molecule has 2 nitrogen and oxygen atoms in total. The first-order chi connectivity index (χ1) is 28.5. The zero-order valence-electron chi connectivity index (χ0n) is 32.3. The van der Waals surface area contributed by atoms with Gasteiger partial charge in [-0.3, -0.25) is 0 Å². The van der Waals surface area contributed by atoms with Crippen molar-refractivity contribution in [3.63, 3.8) is 0 Å². The van der Waals surface area contributed by atoms with Crippen LogP contribution < -0.4 is 0 Å². The predicted molar refractivity (Wildman–Crippen MR) is 245 cm³/mol. The van der Waals surface area contributed by atoms with Crippen LogP contribution in [0.4, 0.5) is 0 Å². The number of nitrogens with zero attached hydrogens (tertiary/aromatic N) is 2. The maximum absolute atomic E-state index is 5.44. The normalized spacial score (nSPS) is 12.8. The van der Waals surface area contributed by atoms with Gasteiger partial charge in [0.05, 0.1) is 11.4 Å². The van der Waals surface area contributed by atoms with E-state index in [4.69, 9.17) is 9.97 Å². The van der Waals surface area contributed by atoms with Crippen molar-refractivity contribution < 1.29 is 0 Å². The summed E-state index contributed by atoms with van der Waals surface area (Å²) in [6.07, 6.45) is 0. The van der Waals surface area contributed by atoms with Gasteiger partial charge in [-0.2, -0.15) is 0 Å². The van der Waals surface area contributed by atoms with Crippen LogP contribution in [-0.4, -0.2) is 9.97 Å². The number of fused-ring (bicyclic) bond motifs is 6. The van der Waals surface area contributed by atoms with E-state index in [0.717, 1.165) is 55.9 Å². The van der Waals surface area contributed by atoms with Crippen LogP contribution in [0.3, 0.4) is 0 Å². The largest absolute Gasteiger partial charge is 0.228 e. The fraction of sp³-hybridized carbons (Fsp3) is 0.0545. The summed E-state index contributed by atoms with van der Waals surface area (Å²) in [5.41, 5.74) is 16.9. The second kappa shape index (κ2) is 13.6. The number of thiophene rings is 1. The van der Waals surface area contributed by atoms with E-state index in [2.05, 4.69) is 208 Å². The van der Waals surface area contributed by atoms with Crippen molar-refractivity contribution in [2.24, 2.45) is 0 Å². The minimum Gasteiger partial charge on any atom is -0.228 e. The molecule has 0 spiro atoms. The van der Waals surface area contributed by atoms with Crippen molar-refractivity contribution in [3.05, 3.63) is 205 Å². The molecule has 11 rings (SSSR count). The summed E-state index contributed by atoms with van der Waals surface area (Å²) >= 11 is 1.85. The fourth-order valence-electron chi connectivity index (χ4n) is 8.94. The molecule has 1 aliphatic carbocycles. The van der Waals surface area contributed by atoms with E-state index >= 15 is 0 Å². The van der Waals surface area contributed by atoms with E-state index in [0.29, 0.717) is 5.82 Å². The lowest BCUT2D eigenvalue weighted by molar-refractivity contribution is 0.660. The summed E-state index contributed by atoms with van der Waals surface area (Å²) in [4.78, 5) is 10.9. The quantitative estimate of drug-likeness (QED) is 0.169. The van der Waals surface area contributed by atoms with Gasteiger partial charge in [-0.25, -0.2) is 9.97 Å². The molecule has 0 saturated carbocycles. The molecule has 0 N–H and O–H groups in total. The predicted octanol–water partition coefficient (Wildman–Crippen LogP) is 15.2. The SMILES string of the molecule is CC1(C)c2ccccc2-c2c(-c3cc(-c4cc(-c5ccccc5)cc(-c5ccc6sc7ccccc7c6c5)c4)nc(-c4cccc(-c5ccccc5)c4)n3)cccc21. The van der Waals surface area contributed by atoms with Crippen molar-refractivity contribution in [1.82, 2.24) is 9.97 Å². The van der Waals surface area contributed by atoms with Crippen LogP contribution >= 0.6 is 11.3 Å². The molecule has 0 unspecified atom stereocenters. The maximum Gasteiger partial charge on any atom is 0.160 e. The Morgan fingerprint density at radius 3 is 1.74 bits per heavy atom. The van der Waals surface area contributed by atoms with E-state index < -0.39 is 0 Å². The molecule has 0 aliphatic heterocycles. The molecule has 2 aromatic heterocycles. The van der Waals surface area contributed by atoms with Crippen LogP contribution in [0.2, 0.25) is 0 Å². The highest BCUT2D eigenvalue weighted by atomic mass is 32.1. The summed E-state index contributed by atoms with van der Waals surface area (Å²) in [5.74, 6) is 0.700. The third-order valence-electron chi connectivity index (χ3n) is 11.9. The molecule has 0 amide bonds. The smallest absolute Gasteiger partial charge is 0.160 e. The average Bonchev–Trinajstić information content (AvgIpc) is 3.78. The number of hydrogen-bond acceptors (Lipinski definition) is 3. The maximum atomic E-state index is 5.44. The number of aromatic nitrogens is 2. The molecular formula is C55H38N2S. The Morgan fingerprint density at radius 2 is 0.914 bits per heavy atom. The van der Waals surface area contributed by atoms with Crippen LogP contribution in [-0.2, 0) is 5.41 Å². The van der Waals surface area contributed by atoms with E-state index in [-0.39, 0.29) is 5.41 Å². The standard InChI is InChI=1S/C55H38N2S/c1-55(2)47-24-11-9-22-44(47)53-45(23-14-25-48(53)55)50-34-49(56-54(57-50)39-20-13-19-37(29-39)35-15-5-3-6-16-35)42-31-40(36-17-7-4-8-18-36)30-41(32-42)38-27-28-52-46(33-38)43-21-10-12-26-51(43)58-52/h3-34H,1-2H3. The van der Waals surface area contributed by atoms with Crippen molar-refractivity contribution in [3.8, 4) is 78.4 Å². The lowest BCUT2D eigenvalue weighted by atomic mass is 9.82. The summed E-state index contributed by atoms with van der Waals surface area (Å²) in [6, 6.07) is 70.2. The number of hydrogen-bond donors (Lipinski definition) is 0. The highest BCUT2D eigenvalue weighted by molar-refractivity contribution is 7.25. The Labute approximate surface area is 342 Å². The van der Waals surface area contributed by atoms with Gasteiger partial charge in [0.25, 0.3) is 0 Å². The Kier molecular flexibility index (Phi) is 8.06. The zero-order valence-corrected chi connectivity index (χ0v) is 33.1. The van der Waals surface area contributed by atoms with Crippen molar-refractivity contribution in [2.75, 3.05) is 0 Å². The van der Waals surface area contributed by atoms with Crippen LogP contribution in [0.1, 0.15) is 25.0 Å². The van der Waals surface area contributed by atoms with Gasteiger partial charge in [-0.15, -0.1) is 11.3 Å². The second-order valence-electron chi connectivity index (χ2n) is 15.8. The third-order valence-corrected chi connectivity index (χ3v) is 13.0. The van der Waals surface area contributed by atoms with Gasteiger partial charge in [-0.05, 0) is 104 Å². The van der Waals surface area contributed by atoms with Gasteiger partial charge in [0, 0.05) is 42.3 Å². The Morgan fingerprint density at radius 1 is 0.362 bits per heavy atom. The molecule has 8 aromatic carbocycles. The van der Waals surface area contributed by atoms with E-state index in [9.17, 15) is 0 Å². The van der Waals surface area contributed by atoms with E-state index in [1.54, 1.807) is 0 Å². The van der Waals surface area contributed by atoms with Gasteiger partial charge >= 0.3 is 0 Å². The van der Waals surface area contributed by atoms with Crippen LogP contribution in [0, 0.1) is 0 Å². The van der Waals surface area contributed by atoms with Gasteiger partial charge in [0.1, 0.15) is 0 Å². The van der Waals surface area contributed by atoms with Gasteiger partial charge < -0.3 is 0 Å². The molecule has 58 heavy (non-hydrogen) atoms. The Hall–Kier alpha value is -6.94. The average molecular weight is 759 g/mol. The third kappa shape index (κ3) is 5.78. The molecular weight excluding hydrogens is 721 g/mol. The molecule has 2 heterocycles. The first kappa shape index (κ1) is 34.3. The molecule has 0 atom stereocenters. The topological polar surface area (TPSA) is 25.8 Å². The first-order valence-electron chi connectivity index (χ1n) is 19.9. The summed E-state index contributed by atoms with van der Waals surface area (Å²) in [5, 5.41) is 2.59. The second-order valence-corrected chi connectivity index (χ2v) is 16.9. The highest BCUT2D eigenvalue weighted by Crippen LogP contribution is 2.52. The zero-order chi connectivity index (χ0) is 38.8.